The summed E-state index contributed by atoms with van der Waals surface area (Å²) in [4.78, 5) is 24.0. The van der Waals surface area contributed by atoms with E-state index in [1.807, 2.05) is 38.1 Å². The first-order valence-corrected chi connectivity index (χ1v) is 10.9. The van der Waals surface area contributed by atoms with Gasteiger partial charge in [0, 0.05) is 40.8 Å². The second-order valence-electron chi connectivity index (χ2n) is 8.59. The normalized spacial score (nSPS) is 15.5. The van der Waals surface area contributed by atoms with Gasteiger partial charge in [0.2, 0.25) is 5.91 Å². The number of amides is 2. The highest BCUT2D eigenvalue weighted by atomic mass is 19.1. The molecule has 32 heavy (non-hydrogen) atoms. The molecular weight excluding hydrogens is 409 g/mol. The van der Waals surface area contributed by atoms with E-state index in [1.54, 1.807) is 12.1 Å². The van der Waals surface area contributed by atoms with E-state index >= 15 is 0 Å². The van der Waals surface area contributed by atoms with Crippen LogP contribution in [0.4, 0.5) is 14.9 Å². The van der Waals surface area contributed by atoms with E-state index in [4.69, 9.17) is 4.74 Å². The molecule has 7 heteroatoms. The van der Waals surface area contributed by atoms with Crippen molar-refractivity contribution in [2.75, 3.05) is 12.4 Å². The van der Waals surface area contributed by atoms with Crippen LogP contribution >= 0.6 is 0 Å². The first-order valence-electron chi connectivity index (χ1n) is 10.9. The van der Waals surface area contributed by atoms with Gasteiger partial charge in [-0.15, -0.1) is 0 Å². The second kappa shape index (κ2) is 9.02. The number of hydrogen-bond acceptors (Lipinski definition) is 3. The number of carbonyl (C=O) groups is 2. The highest BCUT2D eigenvalue weighted by Crippen LogP contribution is 2.34. The van der Waals surface area contributed by atoms with Gasteiger partial charge >= 0.3 is 6.09 Å². The summed E-state index contributed by atoms with van der Waals surface area (Å²) < 4.78 is 20.7. The van der Waals surface area contributed by atoms with Crippen LogP contribution in [0.1, 0.15) is 37.1 Å². The van der Waals surface area contributed by atoms with E-state index in [9.17, 15) is 14.0 Å². The van der Waals surface area contributed by atoms with Crippen molar-refractivity contribution in [3.05, 3.63) is 65.1 Å². The van der Waals surface area contributed by atoms with Crippen LogP contribution in [-0.4, -0.2) is 29.7 Å². The predicted molar refractivity (Wildman–Crippen MR) is 122 cm³/mol. The maximum atomic E-state index is 13.8. The van der Waals surface area contributed by atoms with E-state index in [0.29, 0.717) is 18.7 Å². The van der Waals surface area contributed by atoms with E-state index in [1.165, 1.54) is 18.9 Å². The van der Waals surface area contributed by atoms with Crippen LogP contribution < -0.4 is 10.6 Å². The monoisotopic (exact) mass is 437 g/mol. The lowest BCUT2D eigenvalue weighted by atomic mass is 9.91. The number of anilines is 1. The van der Waals surface area contributed by atoms with Crippen LogP contribution in [0.5, 0.6) is 0 Å². The lowest BCUT2D eigenvalue weighted by Crippen LogP contribution is -2.41. The average molecular weight is 438 g/mol. The highest BCUT2D eigenvalue weighted by Gasteiger charge is 2.27. The van der Waals surface area contributed by atoms with Crippen molar-refractivity contribution >= 4 is 28.6 Å². The molecule has 0 saturated carbocycles. The SMILES string of the molecule is COC(=O)Nc1ccc2c(c1)c1c(n2Cc2cccc(F)c2)CCC(NC(=O)C(C)C)C1. The van der Waals surface area contributed by atoms with Crippen molar-refractivity contribution in [1.82, 2.24) is 9.88 Å². The second-order valence-corrected chi connectivity index (χ2v) is 8.59. The van der Waals surface area contributed by atoms with E-state index in [0.717, 1.165) is 34.9 Å². The summed E-state index contributed by atoms with van der Waals surface area (Å²) in [6, 6.07) is 12.5. The maximum Gasteiger partial charge on any atom is 0.411 e. The average Bonchev–Trinajstić information content (AvgIpc) is 3.06. The molecule has 0 bridgehead atoms. The van der Waals surface area contributed by atoms with Crippen molar-refractivity contribution in [3.8, 4) is 0 Å². The summed E-state index contributed by atoms with van der Waals surface area (Å²) in [6.45, 7) is 4.33. The molecule has 6 nitrogen and oxygen atoms in total. The summed E-state index contributed by atoms with van der Waals surface area (Å²) in [5, 5.41) is 6.91. The minimum Gasteiger partial charge on any atom is -0.453 e. The number of rotatable bonds is 5. The molecule has 4 rings (SSSR count). The van der Waals surface area contributed by atoms with E-state index in [-0.39, 0.29) is 23.7 Å². The Morgan fingerprint density at radius 3 is 2.75 bits per heavy atom. The number of halogens is 1. The molecule has 1 heterocycles. The molecule has 1 aromatic heterocycles. The number of nitrogens with one attached hydrogen (secondary N) is 2. The molecule has 1 unspecified atom stereocenters. The Bertz CT molecular complexity index is 1170. The maximum absolute atomic E-state index is 13.8. The van der Waals surface area contributed by atoms with Crippen LogP contribution in [-0.2, 0) is 28.9 Å². The van der Waals surface area contributed by atoms with Gasteiger partial charge < -0.3 is 14.6 Å². The fourth-order valence-electron chi connectivity index (χ4n) is 4.39. The number of nitrogens with zero attached hydrogens (tertiary/aromatic N) is 1. The summed E-state index contributed by atoms with van der Waals surface area (Å²) in [5.74, 6) is -0.273. The number of hydrogen-bond donors (Lipinski definition) is 2. The van der Waals surface area contributed by atoms with Crippen molar-refractivity contribution in [3.63, 3.8) is 0 Å². The summed E-state index contributed by atoms with van der Waals surface area (Å²) >= 11 is 0. The number of aromatic nitrogens is 1. The van der Waals surface area contributed by atoms with Crippen LogP contribution in [0.15, 0.2) is 42.5 Å². The largest absolute Gasteiger partial charge is 0.453 e. The quantitative estimate of drug-likeness (QED) is 0.611. The first-order chi connectivity index (χ1) is 15.4. The molecule has 3 aromatic rings. The molecule has 0 fully saturated rings. The Labute approximate surface area is 186 Å². The molecule has 1 aliphatic rings. The molecule has 0 saturated heterocycles. The number of ether oxygens (including phenoxy) is 1. The zero-order valence-corrected chi connectivity index (χ0v) is 18.6. The zero-order chi connectivity index (χ0) is 22.8. The van der Waals surface area contributed by atoms with Crippen molar-refractivity contribution < 1.29 is 18.7 Å². The third kappa shape index (κ3) is 4.47. The molecule has 168 valence electrons. The lowest BCUT2D eigenvalue weighted by molar-refractivity contribution is -0.124. The summed E-state index contributed by atoms with van der Waals surface area (Å²) in [7, 11) is 1.33. The van der Waals surface area contributed by atoms with Gasteiger partial charge in [-0.1, -0.05) is 26.0 Å². The zero-order valence-electron chi connectivity index (χ0n) is 18.6. The smallest absolute Gasteiger partial charge is 0.411 e. The Morgan fingerprint density at radius 1 is 1.22 bits per heavy atom. The van der Waals surface area contributed by atoms with Gasteiger partial charge in [-0.2, -0.15) is 0 Å². The van der Waals surface area contributed by atoms with Gasteiger partial charge in [-0.3, -0.25) is 10.1 Å². The standard InChI is InChI=1S/C25H28FN3O3/c1-15(2)24(30)27-18-7-9-22-20(12-18)21-13-19(28-25(31)32-3)8-10-23(21)29(22)14-16-5-4-6-17(26)11-16/h4-6,8,10-11,13,15,18H,7,9,12,14H2,1-3H3,(H,27,30)(H,28,31). The van der Waals surface area contributed by atoms with Gasteiger partial charge in [0.1, 0.15) is 5.82 Å². The molecule has 0 radical (unpaired) electrons. The minimum absolute atomic E-state index is 0.0509. The molecular formula is C25H28FN3O3. The fraction of sp³-hybridized carbons (Fsp3) is 0.360. The molecule has 1 atom stereocenters. The van der Waals surface area contributed by atoms with Crippen LogP contribution in [0.2, 0.25) is 0 Å². The summed E-state index contributed by atoms with van der Waals surface area (Å²) in [6.07, 6.45) is 1.84. The topological polar surface area (TPSA) is 72.4 Å². The number of benzene rings is 2. The number of methoxy groups -OCH3 is 1. The van der Waals surface area contributed by atoms with Crippen molar-refractivity contribution in [2.24, 2.45) is 5.92 Å². The summed E-state index contributed by atoms with van der Waals surface area (Å²) in [5.41, 5.74) is 4.89. The Kier molecular flexibility index (Phi) is 6.17. The predicted octanol–water partition coefficient (Wildman–Crippen LogP) is 4.64. The Hall–Kier alpha value is -3.35. The molecule has 0 spiro atoms. The van der Waals surface area contributed by atoms with Crippen LogP contribution in [0, 0.1) is 11.7 Å². The first kappa shape index (κ1) is 21.9. The Morgan fingerprint density at radius 2 is 2.03 bits per heavy atom. The minimum atomic E-state index is -0.528. The molecule has 2 amide bonds. The molecule has 0 aliphatic heterocycles. The molecule has 2 aromatic carbocycles. The third-order valence-electron chi connectivity index (χ3n) is 6.00. The number of carbonyl (C=O) groups excluding carboxylic acids is 2. The van der Waals surface area contributed by atoms with E-state index in [2.05, 4.69) is 15.2 Å². The van der Waals surface area contributed by atoms with Crippen molar-refractivity contribution in [2.45, 2.75) is 45.7 Å². The fourth-order valence-corrected chi connectivity index (χ4v) is 4.39. The lowest BCUT2D eigenvalue weighted by Gasteiger charge is -2.26. The van der Waals surface area contributed by atoms with E-state index < -0.39 is 6.09 Å². The highest BCUT2D eigenvalue weighted by molar-refractivity contribution is 5.93. The Balaban J connectivity index is 1.75. The van der Waals surface area contributed by atoms with Crippen LogP contribution in [0.25, 0.3) is 10.9 Å². The van der Waals surface area contributed by atoms with Gasteiger partial charge in [0.05, 0.1) is 7.11 Å². The van der Waals surface area contributed by atoms with Crippen LogP contribution in [0.3, 0.4) is 0 Å². The van der Waals surface area contributed by atoms with Gasteiger partial charge in [0.15, 0.2) is 0 Å². The van der Waals surface area contributed by atoms with Gasteiger partial charge in [0.25, 0.3) is 0 Å². The number of fused-ring (bicyclic) bond motifs is 3. The molecule has 1 aliphatic carbocycles. The van der Waals surface area contributed by atoms with Gasteiger partial charge in [-0.05, 0) is 60.7 Å². The molecule has 2 N–H and O–H groups in total. The van der Waals surface area contributed by atoms with Gasteiger partial charge in [-0.25, -0.2) is 9.18 Å². The third-order valence-corrected chi connectivity index (χ3v) is 6.00. The van der Waals surface area contributed by atoms with Crippen molar-refractivity contribution in [1.29, 1.82) is 0 Å².